The summed E-state index contributed by atoms with van der Waals surface area (Å²) in [5.74, 6) is -4.27. The summed E-state index contributed by atoms with van der Waals surface area (Å²) < 4.78 is 80.2. The first-order valence-electron chi connectivity index (χ1n) is 12.3. The number of ketones is 2. The van der Waals surface area contributed by atoms with Crippen molar-refractivity contribution in [2.75, 3.05) is 0 Å². The fourth-order valence-corrected chi connectivity index (χ4v) is 5.84. The van der Waals surface area contributed by atoms with Crippen molar-refractivity contribution in [3.63, 3.8) is 0 Å². The number of phenols is 2. The van der Waals surface area contributed by atoms with Gasteiger partial charge in [-0.3, -0.25) is 19.1 Å². The van der Waals surface area contributed by atoms with E-state index in [0.717, 1.165) is 34.5 Å². The van der Waals surface area contributed by atoms with Gasteiger partial charge in [-0.25, -0.2) is 4.98 Å². The number of rotatable bonds is 7. The summed E-state index contributed by atoms with van der Waals surface area (Å²) in [5.41, 5.74) is -5.02. The van der Waals surface area contributed by atoms with E-state index in [2.05, 4.69) is 15.0 Å². The van der Waals surface area contributed by atoms with Gasteiger partial charge >= 0.3 is 12.4 Å². The van der Waals surface area contributed by atoms with Gasteiger partial charge in [0.1, 0.15) is 37.4 Å². The van der Waals surface area contributed by atoms with Crippen molar-refractivity contribution < 1.29 is 46.1 Å². The van der Waals surface area contributed by atoms with E-state index in [1.807, 2.05) is 0 Å². The van der Waals surface area contributed by atoms with Gasteiger partial charge in [0.25, 0.3) is 0 Å². The first-order valence-corrected chi connectivity index (χ1v) is 14.3. The van der Waals surface area contributed by atoms with E-state index in [9.17, 15) is 46.1 Å². The predicted octanol–water partition coefficient (Wildman–Crippen LogP) is 8.62. The first kappa shape index (κ1) is 33.2. The van der Waals surface area contributed by atoms with E-state index >= 15 is 0 Å². The Morgan fingerprint density at radius 3 is 1.89 bits per heavy atom. The number of aromatic nitrogens is 4. The third kappa shape index (κ3) is 6.27. The highest BCUT2D eigenvalue weighted by Gasteiger charge is 2.35. The number of aromatic hydroxyl groups is 2. The topological polar surface area (TPSA) is 121 Å². The van der Waals surface area contributed by atoms with Gasteiger partial charge in [-0.05, 0) is 54.2 Å². The number of H-pyrrole nitrogens is 1. The zero-order valence-corrected chi connectivity index (χ0v) is 25.2. The number of nitrogens with zero attached hydrogens (tertiary/aromatic N) is 3. The average Bonchev–Trinajstić information content (AvgIpc) is 3.46. The summed E-state index contributed by atoms with van der Waals surface area (Å²) in [4.78, 5) is 38.1. The molecule has 0 unspecified atom stereocenters. The normalized spacial score (nSPS) is 12.0. The van der Waals surface area contributed by atoms with E-state index in [1.54, 1.807) is 0 Å². The summed E-state index contributed by atoms with van der Waals surface area (Å²) >= 11 is 20.1. The number of aromatic amines is 1. The number of hydrogen-bond donors (Lipinski definition) is 3. The molecule has 0 saturated carbocycles. The number of benzene rings is 2. The molecule has 0 atom stereocenters. The molecule has 0 amide bonds. The molecule has 0 aliphatic carbocycles. The van der Waals surface area contributed by atoms with Crippen LogP contribution in [0, 0.1) is 0 Å². The van der Waals surface area contributed by atoms with Crippen LogP contribution in [0.3, 0.4) is 0 Å². The molecule has 0 fully saturated rings. The molecule has 3 heterocycles. The van der Waals surface area contributed by atoms with Crippen molar-refractivity contribution >= 4 is 58.1 Å². The molecule has 5 rings (SSSR count). The lowest BCUT2D eigenvalue weighted by molar-refractivity contribution is -0.138. The van der Waals surface area contributed by atoms with Crippen LogP contribution in [0.1, 0.15) is 43.2 Å². The molecule has 5 aromatic rings. The van der Waals surface area contributed by atoms with Crippen molar-refractivity contribution in [2.24, 2.45) is 0 Å². The summed E-state index contributed by atoms with van der Waals surface area (Å²) in [6, 6.07) is 4.35. The van der Waals surface area contributed by atoms with E-state index in [4.69, 9.17) is 34.8 Å². The molecular weight excluding hydrogens is 709 g/mol. The van der Waals surface area contributed by atoms with Gasteiger partial charge in [-0.2, -0.15) is 26.3 Å². The van der Waals surface area contributed by atoms with Gasteiger partial charge in [0.05, 0.1) is 44.9 Å². The van der Waals surface area contributed by atoms with E-state index in [1.165, 1.54) is 18.6 Å². The van der Waals surface area contributed by atoms with Crippen LogP contribution in [0.25, 0.3) is 5.69 Å². The molecule has 0 bridgehead atoms. The number of hydrogen-bond acceptors (Lipinski definition) is 7. The van der Waals surface area contributed by atoms with Crippen molar-refractivity contribution in [3.05, 3.63) is 110 Å². The van der Waals surface area contributed by atoms with Crippen molar-refractivity contribution in [1.29, 1.82) is 0 Å². The summed E-state index contributed by atoms with van der Waals surface area (Å²) in [6.45, 7) is 0. The maximum atomic E-state index is 13.8. The van der Waals surface area contributed by atoms with Crippen LogP contribution in [0.5, 0.6) is 11.5 Å². The Balaban J connectivity index is 1.74. The molecule has 3 aromatic heterocycles. The third-order valence-electron chi connectivity index (χ3n) is 6.35. The molecule has 238 valence electrons. The minimum Gasteiger partial charge on any atom is -0.507 e. The van der Waals surface area contributed by atoms with Gasteiger partial charge in [0, 0.05) is 12.4 Å². The van der Waals surface area contributed by atoms with Crippen LogP contribution in [0.4, 0.5) is 26.3 Å². The monoisotopic (exact) mass is 720 g/mol. The number of carbonyl (C=O) groups is 2. The SMILES string of the molecule is O=C(c1ccc(C(F)(F)F)cc1O)c1[nH]c(Cl)c(Cl)c1-n1c(C(=O)c2ccc(C(F)(F)F)cc2O)cc(Cl)c1Sc1cnccn1. The zero-order chi connectivity index (χ0) is 33.7. The van der Waals surface area contributed by atoms with Crippen molar-refractivity contribution in [1.82, 2.24) is 19.5 Å². The Labute approximate surface area is 272 Å². The quantitative estimate of drug-likeness (QED) is 0.114. The lowest BCUT2D eigenvalue weighted by Crippen LogP contribution is -2.14. The van der Waals surface area contributed by atoms with Gasteiger partial charge < -0.3 is 15.2 Å². The molecule has 8 nitrogen and oxygen atoms in total. The molecule has 18 heteroatoms. The molecule has 0 radical (unpaired) electrons. The van der Waals surface area contributed by atoms with Gasteiger partial charge in [-0.1, -0.05) is 34.8 Å². The minimum atomic E-state index is -4.84. The van der Waals surface area contributed by atoms with Gasteiger partial charge in [0.15, 0.2) is 0 Å². The molecule has 0 spiro atoms. The maximum absolute atomic E-state index is 13.8. The Morgan fingerprint density at radius 2 is 1.39 bits per heavy atom. The van der Waals surface area contributed by atoms with Gasteiger partial charge in [0.2, 0.25) is 11.6 Å². The molecule has 3 N–H and O–H groups in total. The lowest BCUT2D eigenvalue weighted by atomic mass is 10.0. The minimum absolute atomic E-state index is 0.0415. The third-order valence-corrected chi connectivity index (χ3v) is 8.51. The number of halogens is 9. The maximum Gasteiger partial charge on any atom is 0.416 e. The highest BCUT2D eigenvalue weighted by Crippen LogP contribution is 2.44. The Hall–Kier alpha value is -4.18. The summed E-state index contributed by atoms with van der Waals surface area (Å²) in [5, 5.41) is 20.0. The van der Waals surface area contributed by atoms with Crippen LogP contribution in [0.15, 0.2) is 71.1 Å². The van der Waals surface area contributed by atoms with E-state index < -0.39 is 74.1 Å². The number of carbonyl (C=O) groups excluding carboxylic acids is 2. The average molecular weight is 722 g/mol. The zero-order valence-electron chi connectivity index (χ0n) is 22.1. The van der Waals surface area contributed by atoms with Crippen molar-refractivity contribution in [3.8, 4) is 17.2 Å². The lowest BCUT2D eigenvalue weighted by Gasteiger charge is -2.15. The fourth-order valence-electron chi connectivity index (χ4n) is 4.27. The molecule has 46 heavy (non-hydrogen) atoms. The molecular formula is C28H13Cl3F6N4O4S. The van der Waals surface area contributed by atoms with Crippen LogP contribution < -0.4 is 0 Å². The molecule has 0 saturated heterocycles. The largest absolute Gasteiger partial charge is 0.507 e. The summed E-state index contributed by atoms with van der Waals surface area (Å²) in [6.07, 6.45) is -5.66. The second-order valence-electron chi connectivity index (χ2n) is 9.26. The first-order chi connectivity index (χ1) is 21.5. The van der Waals surface area contributed by atoms with Crippen LogP contribution in [-0.4, -0.2) is 41.3 Å². The molecule has 0 aliphatic rings. The Kier molecular flexibility index (Phi) is 8.81. The second kappa shape index (κ2) is 12.2. The summed E-state index contributed by atoms with van der Waals surface area (Å²) in [7, 11) is 0. The second-order valence-corrected chi connectivity index (χ2v) is 11.4. The highest BCUT2D eigenvalue weighted by molar-refractivity contribution is 7.99. The van der Waals surface area contributed by atoms with Crippen molar-refractivity contribution in [2.45, 2.75) is 22.4 Å². The predicted molar refractivity (Wildman–Crippen MR) is 154 cm³/mol. The van der Waals surface area contributed by atoms with Crippen LogP contribution in [0.2, 0.25) is 15.2 Å². The standard InChI is InChI=1S/C28H13Cl3F6N4O4S/c29-15-9-16(23(44)13-3-1-11(7-17(13)42)27(32,33)34)41(26(15)46-19-10-38-5-6-39-19)22-20(30)25(31)40-21(22)24(45)14-4-2-12(8-18(14)43)28(35,36)37/h1-10,40,42-43H. The smallest absolute Gasteiger partial charge is 0.416 e. The molecule has 0 aliphatic heterocycles. The van der Waals surface area contributed by atoms with E-state index in [0.29, 0.717) is 24.3 Å². The number of alkyl halides is 6. The fraction of sp³-hybridized carbons (Fsp3) is 0.0714. The highest BCUT2D eigenvalue weighted by atomic mass is 35.5. The number of phenolic OH excluding ortho intramolecular Hbond substituents is 2. The van der Waals surface area contributed by atoms with Gasteiger partial charge in [-0.15, -0.1) is 0 Å². The number of nitrogens with one attached hydrogen (secondary N) is 1. The van der Waals surface area contributed by atoms with Crippen LogP contribution >= 0.6 is 46.6 Å². The molecule has 2 aromatic carbocycles. The Bertz CT molecular complexity index is 2010. The Morgan fingerprint density at radius 1 is 0.826 bits per heavy atom. The van der Waals surface area contributed by atoms with E-state index in [-0.39, 0.29) is 25.9 Å². The van der Waals surface area contributed by atoms with Crippen LogP contribution in [-0.2, 0) is 12.4 Å².